The fourth-order valence-electron chi connectivity index (χ4n) is 3.54. The molecule has 0 saturated carbocycles. The minimum atomic E-state index is -0.956. The second kappa shape index (κ2) is 9.59. The normalized spacial score (nSPS) is 16.2. The zero-order valence-corrected chi connectivity index (χ0v) is 19.1. The Balaban J connectivity index is 1.49. The predicted molar refractivity (Wildman–Crippen MR) is 122 cm³/mol. The van der Waals surface area contributed by atoms with E-state index in [1.807, 2.05) is 0 Å². The average molecular weight is 490 g/mol. The SMILES string of the molecule is COC(=O)C1CN(C(=O)COc2ccc(Cl)s2)CC(=O)N1Cc1ccc2c(N)ncnc2c1. The summed E-state index contributed by atoms with van der Waals surface area (Å²) in [5, 5.41) is 1.18. The molecule has 1 saturated heterocycles. The fourth-order valence-corrected chi connectivity index (χ4v) is 4.42. The second-order valence-electron chi connectivity index (χ2n) is 7.29. The molecule has 172 valence electrons. The van der Waals surface area contributed by atoms with E-state index in [0.29, 0.717) is 26.1 Å². The molecule has 2 N–H and O–H groups in total. The number of anilines is 1. The van der Waals surface area contributed by atoms with Gasteiger partial charge in [-0.1, -0.05) is 29.0 Å². The summed E-state index contributed by atoms with van der Waals surface area (Å²) in [6.07, 6.45) is 1.36. The number of ether oxygens (including phenoxy) is 2. The van der Waals surface area contributed by atoms with Crippen LogP contribution in [-0.4, -0.2) is 70.4 Å². The lowest BCUT2D eigenvalue weighted by atomic mass is 10.1. The summed E-state index contributed by atoms with van der Waals surface area (Å²) >= 11 is 7.06. The van der Waals surface area contributed by atoms with Gasteiger partial charge in [0.25, 0.3) is 5.91 Å². The number of aromatic nitrogens is 2. The van der Waals surface area contributed by atoms with Crippen LogP contribution in [0.15, 0.2) is 36.7 Å². The van der Waals surface area contributed by atoms with Gasteiger partial charge >= 0.3 is 5.97 Å². The fraction of sp³-hybridized carbons (Fsp3) is 0.286. The summed E-state index contributed by atoms with van der Waals surface area (Å²) < 4.78 is 10.9. The van der Waals surface area contributed by atoms with E-state index < -0.39 is 17.9 Å². The first-order valence-electron chi connectivity index (χ1n) is 9.88. The Kier molecular flexibility index (Phi) is 6.61. The van der Waals surface area contributed by atoms with Crippen LogP contribution >= 0.6 is 22.9 Å². The summed E-state index contributed by atoms with van der Waals surface area (Å²) in [5.74, 6) is -1.06. The summed E-state index contributed by atoms with van der Waals surface area (Å²) in [5.41, 5.74) is 7.25. The molecular formula is C21H20ClN5O5S. The van der Waals surface area contributed by atoms with Crippen molar-refractivity contribution in [3.05, 3.63) is 46.6 Å². The van der Waals surface area contributed by atoms with Crippen LogP contribution in [0.5, 0.6) is 5.06 Å². The average Bonchev–Trinajstić information content (AvgIpc) is 3.23. The third-order valence-corrected chi connectivity index (χ3v) is 6.36. The number of thiophene rings is 1. The van der Waals surface area contributed by atoms with Crippen LogP contribution in [-0.2, 0) is 25.7 Å². The third-order valence-electron chi connectivity index (χ3n) is 5.21. The van der Waals surface area contributed by atoms with Crippen molar-refractivity contribution in [3.63, 3.8) is 0 Å². The van der Waals surface area contributed by atoms with Gasteiger partial charge in [0, 0.05) is 11.9 Å². The van der Waals surface area contributed by atoms with Crippen LogP contribution in [0.3, 0.4) is 0 Å². The van der Waals surface area contributed by atoms with Crippen LogP contribution < -0.4 is 10.5 Å². The Labute approximate surface area is 197 Å². The van der Waals surface area contributed by atoms with Crippen LogP contribution in [0, 0.1) is 0 Å². The highest BCUT2D eigenvalue weighted by molar-refractivity contribution is 7.17. The van der Waals surface area contributed by atoms with Gasteiger partial charge in [0.15, 0.2) is 11.7 Å². The highest BCUT2D eigenvalue weighted by Gasteiger charge is 2.39. The number of esters is 1. The maximum atomic E-state index is 13.0. The van der Waals surface area contributed by atoms with Crippen LogP contribution in [0.4, 0.5) is 5.82 Å². The molecule has 4 rings (SSSR count). The number of halogens is 1. The van der Waals surface area contributed by atoms with Gasteiger partial charge in [0.05, 0.1) is 30.1 Å². The molecule has 1 aliphatic heterocycles. The van der Waals surface area contributed by atoms with Crippen LogP contribution in [0.1, 0.15) is 5.56 Å². The van der Waals surface area contributed by atoms with E-state index in [0.717, 1.165) is 5.56 Å². The van der Waals surface area contributed by atoms with Crippen molar-refractivity contribution in [3.8, 4) is 5.06 Å². The second-order valence-corrected chi connectivity index (χ2v) is 8.97. The number of nitrogens with zero attached hydrogens (tertiary/aromatic N) is 4. The van der Waals surface area contributed by atoms with Crippen LogP contribution in [0.25, 0.3) is 10.9 Å². The van der Waals surface area contributed by atoms with E-state index in [2.05, 4.69) is 9.97 Å². The molecule has 2 aromatic heterocycles. The number of rotatable bonds is 6. The Hall–Kier alpha value is -3.44. The van der Waals surface area contributed by atoms with Crippen molar-refractivity contribution < 1.29 is 23.9 Å². The molecule has 0 aliphatic carbocycles. The molecule has 3 aromatic rings. The summed E-state index contributed by atoms with van der Waals surface area (Å²) in [6.45, 7) is -0.313. The van der Waals surface area contributed by atoms with Gasteiger partial charge in [-0.2, -0.15) is 0 Å². The van der Waals surface area contributed by atoms with Crippen molar-refractivity contribution in [1.29, 1.82) is 0 Å². The first-order chi connectivity index (χ1) is 15.9. The van der Waals surface area contributed by atoms with Crippen molar-refractivity contribution in [1.82, 2.24) is 19.8 Å². The molecule has 0 radical (unpaired) electrons. The molecule has 2 amide bonds. The number of amides is 2. The van der Waals surface area contributed by atoms with E-state index in [4.69, 9.17) is 26.8 Å². The molecule has 33 heavy (non-hydrogen) atoms. The number of piperazine rings is 1. The number of carbonyl (C=O) groups is 3. The zero-order chi connectivity index (χ0) is 23.5. The lowest BCUT2D eigenvalue weighted by Gasteiger charge is -2.39. The summed E-state index contributed by atoms with van der Waals surface area (Å²) in [4.78, 5) is 49.0. The van der Waals surface area contributed by atoms with E-state index in [-0.39, 0.29) is 32.1 Å². The summed E-state index contributed by atoms with van der Waals surface area (Å²) in [7, 11) is 1.24. The quantitative estimate of drug-likeness (QED) is 0.518. The Morgan fingerprint density at radius 1 is 1.27 bits per heavy atom. The molecule has 1 unspecified atom stereocenters. The molecular weight excluding hydrogens is 470 g/mol. The van der Waals surface area contributed by atoms with Crippen molar-refractivity contribution >= 4 is 57.4 Å². The lowest BCUT2D eigenvalue weighted by molar-refractivity contribution is -0.162. The van der Waals surface area contributed by atoms with Crippen molar-refractivity contribution in [2.24, 2.45) is 0 Å². The highest BCUT2D eigenvalue weighted by atomic mass is 35.5. The molecule has 1 atom stereocenters. The molecule has 12 heteroatoms. The number of carbonyl (C=O) groups excluding carboxylic acids is 3. The van der Waals surface area contributed by atoms with Crippen LogP contribution in [0.2, 0.25) is 4.34 Å². The van der Waals surface area contributed by atoms with Crippen molar-refractivity contribution in [2.75, 3.05) is 32.5 Å². The van der Waals surface area contributed by atoms with Gasteiger partial charge in [-0.25, -0.2) is 14.8 Å². The van der Waals surface area contributed by atoms with Gasteiger partial charge in [0.2, 0.25) is 5.91 Å². The predicted octanol–water partition coefficient (Wildman–Crippen LogP) is 1.72. The number of nitrogen functional groups attached to an aromatic ring is 1. The third kappa shape index (κ3) is 4.99. The highest BCUT2D eigenvalue weighted by Crippen LogP contribution is 2.28. The Morgan fingerprint density at radius 2 is 2.09 bits per heavy atom. The Bertz CT molecular complexity index is 1220. The molecule has 1 aliphatic rings. The maximum Gasteiger partial charge on any atom is 0.330 e. The van der Waals surface area contributed by atoms with Gasteiger partial charge in [0.1, 0.15) is 18.2 Å². The molecule has 10 nitrogen and oxygen atoms in total. The van der Waals surface area contributed by atoms with Crippen molar-refractivity contribution in [2.45, 2.75) is 12.6 Å². The number of benzene rings is 1. The molecule has 1 fully saturated rings. The van der Waals surface area contributed by atoms with Gasteiger partial charge in [-0.05, 0) is 29.8 Å². The lowest BCUT2D eigenvalue weighted by Crippen LogP contribution is -2.60. The Morgan fingerprint density at radius 3 is 2.82 bits per heavy atom. The molecule has 0 bridgehead atoms. The number of fused-ring (bicyclic) bond motifs is 1. The smallest absolute Gasteiger partial charge is 0.330 e. The number of hydrogen-bond acceptors (Lipinski definition) is 9. The number of methoxy groups -OCH3 is 1. The van der Waals surface area contributed by atoms with Gasteiger partial charge in [-0.3, -0.25) is 9.59 Å². The van der Waals surface area contributed by atoms with Gasteiger partial charge < -0.3 is 25.0 Å². The monoisotopic (exact) mass is 489 g/mol. The minimum absolute atomic E-state index is 0.00545. The first-order valence-corrected chi connectivity index (χ1v) is 11.1. The molecule has 3 heterocycles. The summed E-state index contributed by atoms with van der Waals surface area (Å²) in [6, 6.07) is 7.71. The molecule has 1 aromatic carbocycles. The first kappa shape index (κ1) is 22.7. The van der Waals surface area contributed by atoms with E-state index in [9.17, 15) is 14.4 Å². The zero-order valence-electron chi connectivity index (χ0n) is 17.6. The van der Waals surface area contributed by atoms with E-state index in [1.54, 1.807) is 30.3 Å². The molecule has 0 spiro atoms. The maximum absolute atomic E-state index is 13.0. The van der Waals surface area contributed by atoms with E-state index >= 15 is 0 Å². The minimum Gasteiger partial charge on any atom is -0.474 e. The number of hydrogen-bond donors (Lipinski definition) is 1. The van der Waals surface area contributed by atoms with E-state index in [1.165, 1.54) is 34.6 Å². The topological polar surface area (TPSA) is 128 Å². The largest absolute Gasteiger partial charge is 0.474 e. The standard InChI is InChI=1S/C21H20ClN5O5S/c1-31-21(30)15-8-26(18(29)10-32-19-5-4-16(22)33-19)9-17(28)27(15)7-12-2-3-13-14(6-12)24-11-25-20(13)23/h2-6,11,15H,7-10H2,1H3,(H2,23,24,25). The number of nitrogens with two attached hydrogens (primary N) is 1. The van der Waals surface area contributed by atoms with Gasteiger partial charge in [-0.15, -0.1) is 0 Å².